The van der Waals surface area contributed by atoms with Gasteiger partial charge in [0.05, 0.1) is 0 Å². The number of anilines is 1. The highest BCUT2D eigenvalue weighted by atomic mass is 16.6. The Morgan fingerprint density at radius 2 is 2.31 bits per heavy atom. The number of rotatable bonds is 2. The van der Waals surface area contributed by atoms with Crippen LogP contribution < -0.4 is 5.73 Å². The van der Waals surface area contributed by atoms with Gasteiger partial charge in [-0.15, -0.1) is 0 Å². The zero-order valence-corrected chi connectivity index (χ0v) is 6.93. The fourth-order valence-corrected chi connectivity index (χ4v) is 1.28. The van der Waals surface area contributed by atoms with Crippen LogP contribution in [0.4, 0.5) is 11.5 Å². The smallest absolute Gasteiger partial charge is 0.386 e. The van der Waals surface area contributed by atoms with Gasteiger partial charge in [0.25, 0.3) is 0 Å². The van der Waals surface area contributed by atoms with Gasteiger partial charge in [-0.05, 0) is 34.7 Å². The van der Waals surface area contributed by atoms with Gasteiger partial charge in [0.15, 0.2) is 0 Å². The number of nitrogens with two attached hydrogens (primary N) is 1. The summed E-state index contributed by atoms with van der Waals surface area (Å²) in [6, 6.07) is 1.66. The van der Waals surface area contributed by atoms with Crippen LogP contribution in [-0.2, 0) is 0 Å². The molecule has 1 aliphatic rings. The summed E-state index contributed by atoms with van der Waals surface area (Å²) in [5, 5.41) is 10.4. The minimum absolute atomic E-state index is 0.161. The highest BCUT2D eigenvalue weighted by molar-refractivity contribution is 5.54. The molecular weight excluding hydrogens is 170 g/mol. The molecule has 0 spiro atoms. The summed E-state index contributed by atoms with van der Waals surface area (Å²) >= 11 is 0. The molecule has 0 aliphatic heterocycles. The van der Waals surface area contributed by atoms with Crippen molar-refractivity contribution in [3.05, 3.63) is 27.9 Å². The topological polar surface area (TPSA) is 82.0 Å². The van der Waals surface area contributed by atoms with Crippen molar-refractivity contribution in [2.75, 3.05) is 5.73 Å². The van der Waals surface area contributed by atoms with E-state index in [2.05, 4.69) is 4.98 Å². The number of aromatic nitrogens is 1. The molecule has 1 aromatic rings. The van der Waals surface area contributed by atoms with Crippen LogP contribution in [0.25, 0.3) is 0 Å². The molecule has 0 atom stereocenters. The zero-order valence-electron chi connectivity index (χ0n) is 6.93. The minimum atomic E-state index is -0.563. The molecule has 5 nitrogen and oxygen atoms in total. The van der Waals surface area contributed by atoms with Crippen molar-refractivity contribution in [3.8, 4) is 0 Å². The molecule has 0 unspecified atom stereocenters. The molecule has 0 aromatic carbocycles. The molecule has 0 radical (unpaired) electrons. The molecule has 1 saturated carbocycles. The summed E-state index contributed by atoms with van der Waals surface area (Å²) in [6.07, 6.45) is 3.82. The maximum absolute atomic E-state index is 10.4. The van der Waals surface area contributed by atoms with Gasteiger partial charge in [0.2, 0.25) is 0 Å². The van der Waals surface area contributed by atoms with Crippen molar-refractivity contribution in [3.63, 3.8) is 0 Å². The zero-order chi connectivity index (χ0) is 9.42. The fraction of sp³-hybridized carbons (Fsp3) is 0.375. The molecule has 68 valence electrons. The summed E-state index contributed by atoms with van der Waals surface area (Å²) in [6.45, 7) is 0. The predicted molar refractivity (Wildman–Crippen MR) is 47.3 cm³/mol. The Hall–Kier alpha value is -1.65. The second-order valence-electron chi connectivity index (χ2n) is 3.21. The van der Waals surface area contributed by atoms with Crippen LogP contribution in [-0.4, -0.2) is 9.91 Å². The van der Waals surface area contributed by atoms with E-state index in [1.54, 1.807) is 12.3 Å². The first-order valence-electron chi connectivity index (χ1n) is 4.08. The van der Waals surface area contributed by atoms with Gasteiger partial charge in [-0.3, -0.25) is 0 Å². The summed E-state index contributed by atoms with van der Waals surface area (Å²) < 4.78 is 0. The van der Waals surface area contributed by atoms with E-state index in [4.69, 9.17) is 5.73 Å². The molecule has 0 bridgehead atoms. The minimum Gasteiger partial charge on any atom is -0.392 e. The van der Waals surface area contributed by atoms with Gasteiger partial charge in [-0.25, -0.2) is 0 Å². The first-order chi connectivity index (χ1) is 6.18. The predicted octanol–water partition coefficient (Wildman–Crippen LogP) is 1.45. The van der Waals surface area contributed by atoms with Crippen LogP contribution >= 0.6 is 0 Å². The van der Waals surface area contributed by atoms with Crippen LogP contribution in [0.3, 0.4) is 0 Å². The first kappa shape index (κ1) is 7.97. The number of hydrogen-bond donors (Lipinski definition) is 1. The molecule has 2 N–H and O–H groups in total. The van der Waals surface area contributed by atoms with E-state index in [1.165, 1.54) is 0 Å². The maximum atomic E-state index is 10.4. The summed E-state index contributed by atoms with van der Waals surface area (Å²) in [7, 11) is 0. The van der Waals surface area contributed by atoms with Gasteiger partial charge >= 0.3 is 5.82 Å². The second-order valence-corrected chi connectivity index (χ2v) is 3.21. The Bertz CT molecular complexity index is 360. The van der Waals surface area contributed by atoms with E-state index in [0.29, 0.717) is 5.92 Å². The van der Waals surface area contributed by atoms with E-state index >= 15 is 0 Å². The van der Waals surface area contributed by atoms with Gasteiger partial charge in [0, 0.05) is 5.56 Å². The van der Waals surface area contributed by atoms with Crippen LogP contribution in [0.5, 0.6) is 0 Å². The van der Waals surface area contributed by atoms with Crippen LogP contribution in [0.2, 0.25) is 0 Å². The number of hydrogen-bond acceptors (Lipinski definition) is 4. The van der Waals surface area contributed by atoms with Crippen molar-refractivity contribution in [2.45, 2.75) is 18.8 Å². The van der Waals surface area contributed by atoms with E-state index in [9.17, 15) is 10.1 Å². The second kappa shape index (κ2) is 2.69. The summed E-state index contributed by atoms with van der Waals surface area (Å²) in [4.78, 5) is 13.5. The lowest BCUT2D eigenvalue weighted by atomic mass is 10.2. The van der Waals surface area contributed by atoms with Gasteiger partial charge in [-0.2, -0.15) is 0 Å². The molecule has 1 aromatic heterocycles. The van der Waals surface area contributed by atoms with Crippen molar-refractivity contribution < 1.29 is 4.92 Å². The molecule has 5 heteroatoms. The highest BCUT2D eigenvalue weighted by Crippen LogP contribution is 2.40. The monoisotopic (exact) mass is 179 g/mol. The van der Waals surface area contributed by atoms with Crippen molar-refractivity contribution in [1.82, 2.24) is 4.98 Å². The third-order valence-corrected chi connectivity index (χ3v) is 2.14. The Kier molecular flexibility index (Phi) is 1.65. The number of nitrogens with zero attached hydrogens (tertiary/aromatic N) is 2. The standard InChI is InChI=1S/C8H9N3O2/c9-7-3-6(5-1-2-5)4-10-8(7)11(12)13/h3-5H,1-2,9H2. The summed E-state index contributed by atoms with van der Waals surface area (Å²) in [5.74, 6) is 0.278. The largest absolute Gasteiger partial charge is 0.392 e. The Balaban J connectivity index is 2.36. The normalized spacial score (nSPS) is 15.7. The fourth-order valence-electron chi connectivity index (χ4n) is 1.28. The molecule has 2 rings (SSSR count). The lowest BCUT2D eigenvalue weighted by molar-refractivity contribution is -0.388. The number of nitro groups is 1. The Labute approximate surface area is 74.7 Å². The molecule has 1 fully saturated rings. The molecular formula is C8H9N3O2. The molecule has 1 heterocycles. The average molecular weight is 179 g/mol. The lowest BCUT2D eigenvalue weighted by Gasteiger charge is -1.98. The van der Waals surface area contributed by atoms with Crippen LogP contribution in [0.15, 0.2) is 12.3 Å². The van der Waals surface area contributed by atoms with E-state index in [-0.39, 0.29) is 11.5 Å². The summed E-state index contributed by atoms with van der Waals surface area (Å²) in [5.41, 5.74) is 6.66. The molecule has 13 heavy (non-hydrogen) atoms. The van der Waals surface area contributed by atoms with Crippen LogP contribution in [0.1, 0.15) is 24.3 Å². The number of nitrogen functional groups attached to an aromatic ring is 1. The third kappa shape index (κ3) is 1.44. The molecule has 0 saturated heterocycles. The van der Waals surface area contributed by atoms with Gasteiger partial charge < -0.3 is 15.8 Å². The Morgan fingerprint density at radius 1 is 1.62 bits per heavy atom. The highest BCUT2D eigenvalue weighted by Gasteiger charge is 2.26. The number of pyridine rings is 1. The third-order valence-electron chi connectivity index (χ3n) is 2.14. The van der Waals surface area contributed by atoms with E-state index in [1.807, 2.05) is 0 Å². The van der Waals surface area contributed by atoms with Crippen LogP contribution in [0, 0.1) is 10.1 Å². The SMILES string of the molecule is Nc1cc(C2CC2)cnc1[N+](=O)[O-]. The maximum Gasteiger partial charge on any atom is 0.386 e. The quantitative estimate of drug-likeness (QED) is 0.550. The molecule has 1 aliphatic carbocycles. The van der Waals surface area contributed by atoms with Crippen molar-refractivity contribution in [2.24, 2.45) is 0 Å². The lowest BCUT2D eigenvalue weighted by Crippen LogP contribution is -1.99. The average Bonchev–Trinajstić information content (AvgIpc) is 2.85. The first-order valence-corrected chi connectivity index (χ1v) is 4.08. The Morgan fingerprint density at radius 3 is 2.77 bits per heavy atom. The van der Waals surface area contributed by atoms with E-state index in [0.717, 1.165) is 18.4 Å². The van der Waals surface area contributed by atoms with E-state index < -0.39 is 4.92 Å². The van der Waals surface area contributed by atoms with Gasteiger partial charge in [-0.1, -0.05) is 0 Å². The van der Waals surface area contributed by atoms with Crippen molar-refractivity contribution in [1.29, 1.82) is 0 Å². The molecule has 0 amide bonds. The van der Waals surface area contributed by atoms with Crippen molar-refractivity contribution >= 4 is 11.5 Å². The van der Waals surface area contributed by atoms with Gasteiger partial charge in [0.1, 0.15) is 11.9 Å².